The van der Waals surface area contributed by atoms with Crippen LogP contribution < -0.4 is 14.4 Å². The summed E-state index contributed by atoms with van der Waals surface area (Å²) in [5, 5.41) is 4.45. The lowest BCUT2D eigenvalue weighted by atomic mass is 9.97. The van der Waals surface area contributed by atoms with Crippen LogP contribution in [-0.2, 0) is 5.54 Å². The first-order valence-corrected chi connectivity index (χ1v) is 10.1. The first-order valence-electron chi connectivity index (χ1n) is 10.1. The zero-order chi connectivity index (χ0) is 20.7. The van der Waals surface area contributed by atoms with Crippen LogP contribution in [0.2, 0.25) is 0 Å². The molecule has 1 atom stereocenters. The number of methoxy groups -OCH3 is 2. The molecule has 2 aromatic heterocycles. The number of imidazole rings is 1. The van der Waals surface area contributed by atoms with E-state index in [-0.39, 0.29) is 5.54 Å². The number of para-hydroxylation sites is 2. The van der Waals surface area contributed by atoms with Crippen molar-refractivity contribution >= 4 is 16.7 Å². The third kappa shape index (κ3) is 2.81. The molecule has 30 heavy (non-hydrogen) atoms. The lowest BCUT2D eigenvalue weighted by molar-refractivity contribution is 0.356. The summed E-state index contributed by atoms with van der Waals surface area (Å²) in [5.74, 6) is 2.32. The Balaban J connectivity index is 1.61. The van der Waals surface area contributed by atoms with Crippen LogP contribution in [0.1, 0.15) is 25.6 Å². The summed E-state index contributed by atoms with van der Waals surface area (Å²) in [4.78, 5) is 11.0. The third-order valence-electron chi connectivity index (χ3n) is 6.06. The van der Waals surface area contributed by atoms with Gasteiger partial charge in [0.2, 0.25) is 0 Å². The van der Waals surface area contributed by atoms with Crippen LogP contribution in [0.4, 0.5) is 5.69 Å². The van der Waals surface area contributed by atoms with Gasteiger partial charge in [-0.15, -0.1) is 0 Å². The maximum absolute atomic E-state index is 5.46. The summed E-state index contributed by atoms with van der Waals surface area (Å²) in [5.41, 5.74) is 3.77. The molecule has 2 aromatic carbocycles. The number of anilines is 1. The Labute approximate surface area is 175 Å². The van der Waals surface area contributed by atoms with Gasteiger partial charge in [-0.3, -0.25) is 0 Å². The molecule has 4 aromatic rings. The zero-order valence-electron chi connectivity index (χ0n) is 17.4. The summed E-state index contributed by atoms with van der Waals surface area (Å²) in [6, 6.07) is 14.2. The number of hydrogen-bond acceptors (Lipinski definition) is 5. The molecule has 1 aliphatic rings. The van der Waals surface area contributed by atoms with Crippen LogP contribution in [0, 0.1) is 0 Å². The van der Waals surface area contributed by atoms with Crippen molar-refractivity contribution < 1.29 is 9.47 Å². The maximum atomic E-state index is 5.46. The van der Waals surface area contributed by atoms with Crippen LogP contribution in [0.3, 0.4) is 0 Å². The second-order valence-electron chi connectivity index (χ2n) is 7.78. The highest BCUT2D eigenvalue weighted by atomic mass is 16.5. The molecule has 1 fully saturated rings. The minimum absolute atomic E-state index is 0.261. The van der Waals surface area contributed by atoms with Crippen LogP contribution in [0.5, 0.6) is 11.5 Å². The molecule has 0 saturated carbocycles. The van der Waals surface area contributed by atoms with Crippen molar-refractivity contribution in [3.05, 3.63) is 60.7 Å². The molecule has 7 nitrogen and oxygen atoms in total. The van der Waals surface area contributed by atoms with Gasteiger partial charge >= 0.3 is 0 Å². The van der Waals surface area contributed by atoms with Gasteiger partial charge in [0.15, 0.2) is 11.5 Å². The number of ether oxygens (including phenoxy) is 2. The lowest BCUT2D eigenvalue weighted by Crippen LogP contribution is -2.40. The highest BCUT2D eigenvalue weighted by molar-refractivity contribution is 5.80. The number of fused-ring (bicyclic) bond motifs is 1. The van der Waals surface area contributed by atoms with Crippen molar-refractivity contribution in [1.29, 1.82) is 0 Å². The smallest absolute Gasteiger partial charge is 0.163 e. The molecule has 0 unspecified atom stereocenters. The number of rotatable bonds is 5. The van der Waals surface area contributed by atoms with Gasteiger partial charge in [-0.2, -0.15) is 5.10 Å². The summed E-state index contributed by atoms with van der Waals surface area (Å²) in [6.45, 7) is 3.21. The van der Waals surface area contributed by atoms with E-state index in [1.807, 2.05) is 35.1 Å². The molecule has 0 radical (unpaired) electrons. The monoisotopic (exact) mass is 403 g/mol. The number of benzene rings is 2. The maximum Gasteiger partial charge on any atom is 0.163 e. The first kappa shape index (κ1) is 18.5. The molecule has 0 bridgehead atoms. The van der Waals surface area contributed by atoms with Crippen molar-refractivity contribution in [3.63, 3.8) is 0 Å². The highest BCUT2D eigenvalue weighted by Gasteiger charge is 2.42. The molecule has 1 N–H and O–H groups in total. The zero-order valence-corrected chi connectivity index (χ0v) is 17.4. The quantitative estimate of drug-likeness (QED) is 0.539. The SMILES string of the molecule is COc1cc2nc([C@]3(C)CCCN3c3ccccc3-n3cccn3)[nH]c2cc1OC. The number of H-pyrrole nitrogens is 1. The fraction of sp³-hybridized carbons (Fsp3) is 0.304. The fourth-order valence-electron chi connectivity index (χ4n) is 4.49. The van der Waals surface area contributed by atoms with Crippen LogP contribution >= 0.6 is 0 Å². The van der Waals surface area contributed by atoms with E-state index in [2.05, 4.69) is 40.1 Å². The van der Waals surface area contributed by atoms with E-state index in [0.29, 0.717) is 11.5 Å². The molecule has 0 amide bonds. The average Bonchev–Trinajstić information content (AvgIpc) is 3.52. The summed E-state index contributed by atoms with van der Waals surface area (Å²) in [6.07, 6.45) is 5.88. The van der Waals surface area contributed by atoms with Gasteiger partial charge in [-0.25, -0.2) is 9.67 Å². The van der Waals surface area contributed by atoms with Crippen molar-refractivity contribution in [2.45, 2.75) is 25.3 Å². The number of hydrogen-bond donors (Lipinski definition) is 1. The highest BCUT2D eigenvalue weighted by Crippen LogP contribution is 2.43. The van der Waals surface area contributed by atoms with Crippen molar-refractivity contribution in [3.8, 4) is 17.2 Å². The van der Waals surface area contributed by atoms with E-state index in [9.17, 15) is 0 Å². The Morgan fingerprint density at radius 2 is 1.80 bits per heavy atom. The minimum Gasteiger partial charge on any atom is -0.493 e. The molecule has 1 saturated heterocycles. The first-order chi connectivity index (χ1) is 14.6. The van der Waals surface area contributed by atoms with Crippen LogP contribution in [-0.4, -0.2) is 40.5 Å². The topological polar surface area (TPSA) is 68.2 Å². The fourth-order valence-corrected chi connectivity index (χ4v) is 4.49. The molecule has 0 spiro atoms. The van der Waals surface area contributed by atoms with E-state index in [1.165, 1.54) is 0 Å². The Kier molecular flexibility index (Phi) is 4.38. The van der Waals surface area contributed by atoms with E-state index in [0.717, 1.165) is 47.6 Å². The van der Waals surface area contributed by atoms with Gasteiger partial charge < -0.3 is 19.4 Å². The van der Waals surface area contributed by atoms with E-state index < -0.39 is 0 Å². The van der Waals surface area contributed by atoms with Crippen molar-refractivity contribution in [2.75, 3.05) is 25.7 Å². The molecular weight excluding hydrogens is 378 g/mol. The molecule has 7 heteroatoms. The Hall–Kier alpha value is -3.48. The Bertz CT molecular complexity index is 1140. The predicted molar refractivity (Wildman–Crippen MR) is 117 cm³/mol. The number of aromatic amines is 1. The second kappa shape index (κ2) is 7.09. The van der Waals surface area contributed by atoms with E-state index >= 15 is 0 Å². The largest absolute Gasteiger partial charge is 0.493 e. The van der Waals surface area contributed by atoms with Crippen LogP contribution in [0.25, 0.3) is 16.7 Å². The Morgan fingerprint density at radius 3 is 2.53 bits per heavy atom. The third-order valence-corrected chi connectivity index (χ3v) is 6.06. The molecule has 0 aliphatic carbocycles. The van der Waals surface area contributed by atoms with Gasteiger partial charge in [0.05, 0.1) is 42.2 Å². The Morgan fingerprint density at radius 1 is 1.03 bits per heavy atom. The van der Waals surface area contributed by atoms with Gasteiger partial charge in [0, 0.05) is 31.1 Å². The van der Waals surface area contributed by atoms with Gasteiger partial charge in [0.25, 0.3) is 0 Å². The summed E-state index contributed by atoms with van der Waals surface area (Å²) in [7, 11) is 3.29. The van der Waals surface area contributed by atoms with Crippen molar-refractivity contribution in [1.82, 2.24) is 19.7 Å². The molecule has 154 valence electrons. The molecule has 3 heterocycles. The number of nitrogens with one attached hydrogen (secondary N) is 1. The standard InChI is InChI=1S/C23H25N5O2/c1-23(22-25-16-14-20(29-2)21(30-3)15-17(16)26-22)10-6-12-27(23)18-8-4-5-9-19(18)28-13-7-11-24-28/h4-5,7-9,11,13-15H,6,10,12H2,1-3H3,(H,25,26)/t23-/m0/s1. The summed E-state index contributed by atoms with van der Waals surface area (Å²) < 4.78 is 12.8. The minimum atomic E-state index is -0.261. The van der Waals surface area contributed by atoms with Gasteiger partial charge in [-0.1, -0.05) is 12.1 Å². The number of nitrogens with zero attached hydrogens (tertiary/aromatic N) is 4. The van der Waals surface area contributed by atoms with Gasteiger partial charge in [-0.05, 0) is 38.0 Å². The lowest BCUT2D eigenvalue weighted by Gasteiger charge is -2.36. The number of aromatic nitrogens is 4. The molecule has 5 rings (SSSR count). The van der Waals surface area contributed by atoms with Crippen LogP contribution in [0.15, 0.2) is 54.9 Å². The second-order valence-corrected chi connectivity index (χ2v) is 7.78. The normalized spacial score (nSPS) is 18.8. The average molecular weight is 403 g/mol. The molecule has 1 aliphatic heterocycles. The predicted octanol–water partition coefficient (Wildman–Crippen LogP) is 4.28. The van der Waals surface area contributed by atoms with Gasteiger partial charge in [0.1, 0.15) is 5.82 Å². The van der Waals surface area contributed by atoms with E-state index in [4.69, 9.17) is 14.5 Å². The molecular formula is C23H25N5O2. The van der Waals surface area contributed by atoms with E-state index in [1.54, 1.807) is 20.4 Å². The van der Waals surface area contributed by atoms with Crippen molar-refractivity contribution in [2.24, 2.45) is 0 Å². The summed E-state index contributed by atoms with van der Waals surface area (Å²) >= 11 is 0.